The average Bonchev–Trinajstić information content (AvgIpc) is 3.25. The lowest BCUT2D eigenvalue weighted by Gasteiger charge is -2.29. The average molecular weight is 273 g/mol. The molecule has 0 unspecified atom stereocenters. The molecule has 1 aromatic rings. The molecule has 0 bridgehead atoms. The number of hydrogen-bond donors (Lipinski definition) is 1. The van der Waals surface area contributed by atoms with Crippen molar-refractivity contribution in [1.82, 2.24) is 9.97 Å². The second-order valence-corrected chi connectivity index (χ2v) is 5.60. The Morgan fingerprint density at radius 2 is 2.10 bits per heavy atom. The second-order valence-electron chi connectivity index (χ2n) is 5.60. The Kier molecular flexibility index (Phi) is 4.43. The van der Waals surface area contributed by atoms with Gasteiger partial charge in [-0.15, -0.1) is 0 Å². The summed E-state index contributed by atoms with van der Waals surface area (Å²) in [6, 6.07) is 2.53. The van der Waals surface area contributed by atoms with E-state index in [9.17, 15) is 0 Å². The maximum Gasteiger partial charge on any atom is 0.137 e. The quantitative estimate of drug-likeness (QED) is 0.863. The van der Waals surface area contributed by atoms with Gasteiger partial charge in [0.2, 0.25) is 0 Å². The van der Waals surface area contributed by atoms with E-state index in [-0.39, 0.29) is 0 Å². The van der Waals surface area contributed by atoms with Gasteiger partial charge in [-0.25, -0.2) is 9.97 Å². The minimum atomic E-state index is 0.314. The highest BCUT2D eigenvalue weighted by atomic mass is 15.2. The molecule has 1 aliphatic carbocycles. The van der Waals surface area contributed by atoms with Gasteiger partial charge in [-0.1, -0.05) is 0 Å². The summed E-state index contributed by atoms with van der Waals surface area (Å²) >= 11 is 0. The summed E-state index contributed by atoms with van der Waals surface area (Å²) in [5.74, 6) is 3.33. The van der Waals surface area contributed by atoms with Crippen molar-refractivity contribution in [2.75, 3.05) is 23.8 Å². The number of anilines is 2. The predicted molar refractivity (Wildman–Crippen MR) is 81.0 cm³/mol. The highest BCUT2D eigenvalue weighted by molar-refractivity contribution is 5.59. The van der Waals surface area contributed by atoms with Gasteiger partial charge in [-0.05, 0) is 33.6 Å². The van der Waals surface area contributed by atoms with E-state index in [0.29, 0.717) is 24.9 Å². The van der Waals surface area contributed by atoms with Crippen LogP contribution < -0.4 is 10.2 Å². The van der Waals surface area contributed by atoms with Crippen LogP contribution in [0.1, 0.15) is 50.4 Å². The zero-order valence-electron chi connectivity index (χ0n) is 12.8. The molecule has 1 aromatic heterocycles. The number of aromatic nitrogens is 2. The minimum absolute atomic E-state index is 0.314. The van der Waals surface area contributed by atoms with E-state index < -0.39 is 0 Å². The van der Waals surface area contributed by atoms with Gasteiger partial charge < -0.3 is 10.2 Å². The Morgan fingerprint density at radius 1 is 1.40 bits per heavy atom. The van der Waals surface area contributed by atoms with E-state index in [2.05, 4.69) is 35.1 Å². The van der Waals surface area contributed by atoms with E-state index in [0.717, 1.165) is 23.0 Å². The molecule has 20 heavy (non-hydrogen) atoms. The lowest BCUT2D eigenvalue weighted by Crippen LogP contribution is -2.33. The maximum atomic E-state index is 8.84. The summed E-state index contributed by atoms with van der Waals surface area (Å²) in [6.07, 6.45) is 2.88. The van der Waals surface area contributed by atoms with Gasteiger partial charge in [0.05, 0.1) is 12.5 Å². The summed E-state index contributed by atoms with van der Waals surface area (Å²) < 4.78 is 0. The first-order valence-corrected chi connectivity index (χ1v) is 7.28. The third-order valence-electron chi connectivity index (χ3n) is 3.68. The summed E-state index contributed by atoms with van der Waals surface area (Å²) in [5, 5.41) is 12.0. The van der Waals surface area contributed by atoms with Gasteiger partial charge in [0.25, 0.3) is 0 Å². The molecule has 2 rings (SSSR count). The Morgan fingerprint density at radius 3 is 2.60 bits per heavy atom. The standard InChI is InChI=1S/C15H23N5/c1-10(2)20(9-5-8-16)15-11(3)13(17-4)18-14(19-15)12-6-7-12/h10,12H,5-7,9H2,1-4H3,(H,17,18,19). The van der Waals surface area contributed by atoms with Crippen LogP contribution in [0.3, 0.4) is 0 Å². The van der Waals surface area contributed by atoms with Crippen LogP contribution >= 0.6 is 0 Å². The van der Waals surface area contributed by atoms with Crippen molar-refractivity contribution >= 4 is 11.6 Å². The highest BCUT2D eigenvalue weighted by Crippen LogP contribution is 2.40. The van der Waals surface area contributed by atoms with Gasteiger partial charge in [0.1, 0.15) is 17.5 Å². The van der Waals surface area contributed by atoms with Crippen LogP contribution in [0.2, 0.25) is 0 Å². The first-order valence-electron chi connectivity index (χ1n) is 7.28. The van der Waals surface area contributed by atoms with E-state index in [1.54, 1.807) is 0 Å². The van der Waals surface area contributed by atoms with Crippen molar-refractivity contribution in [1.29, 1.82) is 5.26 Å². The van der Waals surface area contributed by atoms with Crippen LogP contribution in [0.25, 0.3) is 0 Å². The molecular formula is C15H23N5. The summed E-state index contributed by atoms with van der Waals surface area (Å²) in [4.78, 5) is 11.6. The molecule has 1 N–H and O–H groups in total. The van der Waals surface area contributed by atoms with Crippen LogP contribution in [0, 0.1) is 18.3 Å². The molecule has 1 fully saturated rings. The van der Waals surface area contributed by atoms with Crippen LogP contribution in [0.15, 0.2) is 0 Å². The Hall–Kier alpha value is -1.83. The molecule has 0 spiro atoms. The first kappa shape index (κ1) is 14.6. The van der Waals surface area contributed by atoms with E-state index in [4.69, 9.17) is 10.2 Å². The second kappa shape index (κ2) is 6.08. The fourth-order valence-corrected chi connectivity index (χ4v) is 2.35. The van der Waals surface area contributed by atoms with Crippen LogP contribution in [0.5, 0.6) is 0 Å². The molecule has 1 saturated carbocycles. The normalized spacial score (nSPS) is 14.2. The van der Waals surface area contributed by atoms with Crippen molar-refractivity contribution in [2.24, 2.45) is 0 Å². The fraction of sp³-hybridized carbons (Fsp3) is 0.667. The zero-order chi connectivity index (χ0) is 14.7. The largest absolute Gasteiger partial charge is 0.373 e. The van der Waals surface area contributed by atoms with Gasteiger partial charge in [-0.3, -0.25) is 0 Å². The minimum Gasteiger partial charge on any atom is -0.373 e. The fourth-order valence-electron chi connectivity index (χ4n) is 2.35. The molecule has 0 amide bonds. The maximum absolute atomic E-state index is 8.84. The molecule has 1 aliphatic rings. The monoisotopic (exact) mass is 273 g/mol. The third-order valence-corrected chi connectivity index (χ3v) is 3.68. The Bertz CT molecular complexity index is 514. The number of nitrogens with one attached hydrogen (secondary N) is 1. The molecule has 108 valence electrons. The van der Waals surface area contributed by atoms with Crippen LogP contribution in [-0.4, -0.2) is 29.6 Å². The highest BCUT2D eigenvalue weighted by Gasteiger charge is 2.29. The summed E-state index contributed by atoms with van der Waals surface area (Å²) in [7, 11) is 1.89. The molecule has 0 saturated heterocycles. The van der Waals surface area contributed by atoms with Crippen molar-refractivity contribution < 1.29 is 0 Å². The van der Waals surface area contributed by atoms with Crippen molar-refractivity contribution in [3.63, 3.8) is 0 Å². The van der Waals surface area contributed by atoms with E-state index in [1.807, 2.05) is 14.0 Å². The Labute approximate surface area is 121 Å². The summed E-state index contributed by atoms with van der Waals surface area (Å²) in [6.45, 7) is 7.02. The molecule has 0 aliphatic heterocycles. The van der Waals surface area contributed by atoms with Crippen molar-refractivity contribution in [2.45, 2.75) is 52.0 Å². The summed E-state index contributed by atoms with van der Waals surface area (Å²) in [5.41, 5.74) is 1.06. The van der Waals surface area contributed by atoms with Gasteiger partial charge >= 0.3 is 0 Å². The van der Waals surface area contributed by atoms with E-state index >= 15 is 0 Å². The molecule has 0 radical (unpaired) electrons. The lowest BCUT2D eigenvalue weighted by molar-refractivity contribution is 0.669. The van der Waals surface area contributed by atoms with E-state index in [1.165, 1.54) is 12.8 Å². The van der Waals surface area contributed by atoms with Crippen molar-refractivity contribution in [3.05, 3.63) is 11.4 Å². The third kappa shape index (κ3) is 3.01. The molecule has 0 aromatic carbocycles. The zero-order valence-corrected chi connectivity index (χ0v) is 12.8. The number of hydrogen-bond acceptors (Lipinski definition) is 5. The predicted octanol–water partition coefficient (Wildman–Crippen LogP) is 2.83. The number of rotatable bonds is 6. The Balaban J connectivity index is 2.41. The van der Waals surface area contributed by atoms with Gasteiger partial charge in [0, 0.05) is 31.1 Å². The molecule has 0 atom stereocenters. The lowest BCUT2D eigenvalue weighted by atomic mass is 10.2. The SMILES string of the molecule is CNc1nc(C2CC2)nc(N(CCC#N)C(C)C)c1C. The topological polar surface area (TPSA) is 64.8 Å². The molecule has 1 heterocycles. The smallest absolute Gasteiger partial charge is 0.137 e. The van der Waals surface area contributed by atoms with Gasteiger partial charge in [0.15, 0.2) is 0 Å². The van der Waals surface area contributed by atoms with Crippen LogP contribution in [-0.2, 0) is 0 Å². The van der Waals surface area contributed by atoms with Crippen molar-refractivity contribution in [3.8, 4) is 6.07 Å². The van der Waals surface area contributed by atoms with Crippen LogP contribution in [0.4, 0.5) is 11.6 Å². The van der Waals surface area contributed by atoms with Gasteiger partial charge in [-0.2, -0.15) is 5.26 Å². The first-order chi connectivity index (χ1) is 9.58. The number of nitrogens with zero attached hydrogens (tertiary/aromatic N) is 4. The number of nitriles is 1. The molecule has 5 nitrogen and oxygen atoms in total. The molecule has 5 heteroatoms. The molecular weight excluding hydrogens is 250 g/mol.